The zero-order chi connectivity index (χ0) is 22.9. The Bertz CT molecular complexity index is 1100. The van der Waals surface area contributed by atoms with E-state index in [0.29, 0.717) is 36.2 Å². The zero-order valence-electron chi connectivity index (χ0n) is 18.2. The lowest BCUT2D eigenvalue weighted by atomic mass is 9.82. The molecule has 0 saturated carbocycles. The molecule has 2 aliphatic heterocycles. The second kappa shape index (κ2) is 8.68. The summed E-state index contributed by atoms with van der Waals surface area (Å²) < 4.78 is 0. The number of fused-ring (bicyclic) bond motifs is 1. The van der Waals surface area contributed by atoms with Gasteiger partial charge < -0.3 is 15.1 Å². The highest BCUT2D eigenvalue weighted by Gasteiger charge is 2.51. The molecule has 0 fully saturated rings. The average molecular weight is 434 g/mol. The number of hydrogen-bond donors (Lipinski definition) is 2. The maximum atomic E-state index is 13.0. The van der Waals surface area contributed by atoms with E-state index < -0.39 is 17.4 Å². The molecule has 2 amide bonds. The molecule has 2 aromatic carbocycles. The largest absolute Gasteiger partial charge is 0.396 e. The second-order valence-electron chi connectivity index (χ2n) is 8.18. The summed E-state index contributed by atoms with van der Waals surface area (Å²) in [5, 5.41) is 26.5. The van der Waals surface area contributed by atoms with Crippen LogP contribution in [-0.4, -0.2) is 41.4 Å². The van der Waals surface area contributed by atoms with Crippen LogP contribution < -0.4 is 9.91 Å². The molecule has 0 bridgehead atoms. The molecule has 7 nitrogen and oxygen atoms in total. The summed E-state index contributed by atoms with van der Waals surface area (Å²) in [7, 11) is 1.63. The predicted molar refractivity (Wildman–Crippen MR) is 123 cm³/mol. The molecule has 0 unspecified atom stereocenters. The lowest BCUT2D eigenvalue weighted by molar-refractivity contribution is -0.139. The third-order valence-corrected chi connectivity index (χ3v) is 6.15. The van der Waals surface area contributed by atoms with Crippen molar-refractivity contribution >= 4 is 28.9 Å². The van der Waals surface area contributed by atoms with E-state index in [0.717, 1.165) is 11.3 Å². The minimum absolute atomic E-state index is 0.00490. The Morgan fingerprint density at radius 1 is 1.16 bits per heavy atom. The van der Waals surface area contributed by atoms with Crippen LogP contribution in [-0.2, 0) is 15.2 Å². The van der Waals surface area contributed by atoms with Crippen LogP contribution in [0.15, 0.2) is 65.8 Å². The van der Waals surface area contributed by atoms with Gasteiger partial charge in [-0.3, -0.25) is 9.59 Å². The predicted octanol–water partition coefficient (Wildman–Crippen LogP) is 2.96. The second-order valence-corrected chi connectivity index (χ2v) is 8.18. The van der Waals surface area contributed by atoms with Crippen molar-refractivity contribution in [2.24, 2.45) is 11.0 Å². The number of carbonyl (C=O) groups is 2. The van der Waals surface area contributed by atoms with Gasteiger partial charge in [0.05, 0.1) is 17.1 Å². The van der Waals surface area contributed by atoms with Crippen LogP contribution in [0.3, 0.4) is 0 Å². The van der Waals surface area contributed by atoms with Crippen LogP contribution >= 0.6 is 0 Å². The highest BCUT2D eigenvalue weighted by atomic mass is 16.3. The van der Waals surface area contributed by atoms with Gasteiger partial charge >= 0.3 is 0 Å². The molecule has 2 atom stereocenters. The van der Waals surface area contributed by atoms with Crippen molar-refractivity contribution in [2.45, 2.75) is 31.8 Å². The molecule has 2 N–H and O–H groups in total. The number of aliphatic hydroxyl groups is 2. The fourth-order valence-electron chi connectivity index (χ4n) is 4.28. The maximum Gasteiger partial charge on any atom is 0.264 e. The van der Waals surface area contributed by atoms with Gasteiger partial charge in [-0.15, -0.1) is 0 Å². The van der Waals surface area contributed by atoms with Gasteiger partial charge in [-0.05, 0) is 30.2 Å². The molecule has 0 radical (unpaired) electrons. The van der Waals surface area contributed by atoms with E-state index in [1.165, 1.54) is 9.91 Å². The SMILES string of the molecule is C[C@@H](/C=C/CCO)[C@]1(O)C(=O)N(C)c2ccc(N3N=C(c4ccccc4)CCC3=O)cc21. The third-order valence-electron chi connectivity index (χ3n) is 6.15. The van der Waals surface area contributed by atoms with Crippen molar-refractivity contribution in [1.82, 2.24) is 0 Å². The Kier molecular flexibility index (Phi) is 5.95. The minimum atomic E-state index is -1.77. The van der Waals surface area contributed by atoms with Crippen molar-refractivity contribution < 1.29 is 19.8 Å². The number of anilines is 2. The highest BCUT2D eigenvalue weighted by molar-refractivity contribution is 6.10. The molecule has 2 heterocycles. The standard InChI is InChI=1S/C25H27N3O4/c1-17(8-6-7-15-29)25(32)20-16-19(11-13-22(20)27(2)24(25)31)28-23(30)14-12-21(26-28)18-9-4-3-5-10-18/h3-6,8-11,13,16-17,29,32H,7,12,14-15H2,1-2H3/b8-6+/t17-,25+/m0/s1. The molecule has 0 spiro atoms. The third kappa shape index (κ3) is 3.63. The summed E-state index contributed by atoms with van der Waals surface area (Å²) in [6.07, 6.45) is 4.82. The first kappa shape index (κ1) is 21.9. The summed E-state index contributed by atoms with van der Waals surface area (Å²) in [6.45, 7) is 1.76. The molecule has 32 heavy (non-hydrogen) atoms. The van der Waals surface area contributed by atoms with Gasteiger partial charge in [0.25, 0.3) is 5.91 Å². The molecule has 0 aromatic heterocycles. The van der Waals surface area contributed by atoms with E-state index in [1.807, 2.05) is 30.3 Å². The smallest absolute Gasteiger partial charge is 0.264 e. The summed E-state index contributed by atoms with van der Waals surface area (Å²) in [5.74, 6) is -1.09. The van der Waals surface area contributed by atoms with Crippen molar-refractivity contribution in [3.05, 3.63) is 71.8 Å². The Morgan fingerprint density at radius 2 is 1.91 bits per heavy atom. The molecule has 2 aromatic rings. The number of carbonyl (C=O) groups excluding carboxylic acids is 2. The normalized spacial score (nSPS) is 21.8. The summed E-state index contributed by atoms with van der Waals surface area (Å²) in [4.78, 5) is 27.2. The number of hydrogen-bond acceptors (Lipinski definition) is 5. The van der Waals surface area contributed by atoms with Gasteiger partial charge in [0, 0.05) is 38.0 Å². The van der Waals surface area contributed by atoms with E-state index in [9.17, 15) is 14.7 Å². The number of hydrazone groups is 1. The summed E-state index contributed by atoms with van der Waals surface area (Å²) in [6, 6.07) is 14.9. The zero-order valence-corrected chi connectivity index (χ0v) is 18.2. The van der Waals surface area contributed by atoms with Crippen molar-refractivity contribution in [3.63, 3.8) is 0 Å². The van der Waals surface area contributed by atoms with Gasteiger partial charge in [0.15, 0.2) is 5.60 Å². The van der Waals surface area contributed by atoms with E-state index in [2.05, 4.69) is 5.10 Å². The Morgan fingerprint density at radius 3 is 2.62 bits per heavy atom. The van der Waals surface area contributed by atoms with Crippen LogP contribution in [0.1, 0.15) is 37.3 Å². The average Bonchev–Trinajstić information content (AvgIpc) is 3.01. The van der Waals surface area contributed by atoms with Crippen LogP contribution in [0.25, 0.3) is 0 Å². The first-order valence-electron chi connectivity index (χ1n) is 10.8. The van der Waals surface area contributed by atoms with E-state index >= 15 is 0 Å². The summed E-state index contributed by atoms with van der Waals surface area (Å²) in [5.41, 5.74) is 1.56. The topological polar surface area (TPSA) is 93.4 Å². The van der Waals surface area contributed by atoms with Gasteiger partial charge in [0.1, 0.15) is 0 Å². The number of benzene rings is 2. The van der Waals surface area contributed by atoms with Gasteiger partial charge in [0.2, 0.25) is 5.91 Å². The van der Waals surface area contributed by atoms with Crippen molar-refractivity contribution in [2.75, 3.05) is 23.6 Å². The highest BCUT2D eigenvalue weighted by Crippen LogP contribution is 2.46. The Labute approximate surface area is 187 Å². The number of amides is 2. The first-order chi connectivity index (χ1) is 15.4. The van der Waals surface area contributed by atoms with Crippen molar-refractivity contribution in [3.8, 4) is 0 Å². The number of nitrogens with zero attached hydrogens (tertiary/aromatic N) is 3. The molecular formula is C25H27N3O4. The summed E-state index contributed by atoms with van der Waals surface area (Å²) >= 11 is 0. The van der Waals surface area contributed by atoms with E-state index in [-0.39, 0.29) is 12.5 Å². The molecule has 0 aliphatic carbocycles. The fourth-order valence-corrected chi connectivity index (χ4v) is 4.28. The quantitative estimate of drug-likeness (QED) is 0.685. The fraction of sp³-hybridized carbons (Fsp3) is 0.320. The molecule has 166 valence electrons. The van der Waals surface area contributed by atoms with Gasteiger partial charge in [-0.2, -0.15) is 5.10 Å². The maximum absolute atomic E-state index is 13.0. The van der Waals surface area contributed by atoms with Gasteiger partial charge in [-0.1, -0.05) is 49.4 Å². The lowest BCUT2D eigenvalue weighted by Crippen LogP contribution is -2.43. The van der Waals surface area contributed by atoms with E-state index in [4.69, 9.17) is 5.11 Å². The number of aliphatic hydroxyl groups excluding tert-OH is 1. The molecule has 7 heteroatoms. The molecule has 0 saturated heterocycles. The number of rotatable bonds is 6. The molecule has 4 rings (SSSR count). The monoisotopic (exact) mass is 433 g/mol. The van der Waals surface area contributed by atoms with Crippen LogP contribution in [0.5, 0.6) is 0 Å². The van der Waals surface area contributed by atoms with Crippen LogP contribution in [0, 0.1) is 5.92 Å². The first-order valence-corrected chi connectivity index (χ1v) is 10.8. The van der Waals surface area contributed by atoms with Crippen LogP contribution in [0.4, 0.5) is 11.4 Å². The Hall–Kier alpha value is -3.29. The Balaban J connectivity index is 1.75. The van der Waals surface area contributed by atoms with Crippen molar-refractivity contribution in [1.29, 1.82) is 0 Å². The lowest BCUT2D eigenvalue weighted by Gasteiger charge is -2.28. The molecular weight excluding hydrogens is 406 g/mol. The molecule has 2 aliphatic rings. The van der Waals surface area contributed by atoms with Crippen LogP contribution in [0.2, 0.25) is 0 Å². The van der Waals surface area contributed by atoms with E-state index in [1.54, 1.807) is 44.3 Å². The number of likely N-dealkylation sites (N-methyl/N-ethyl adjacent to an activating group) is 1. The van der Waals surface area contributed by atoms with Gasteiger partial charge in [-0.25, -0.2) is 5.01 Å². The minimum Gasteiger partial charge on any atom is -0.396 e.